The van der Waals surface area contributed by atoms with Gasteiger partial charge in [0.25, 0.3) is 0 Å². The first kappa shape index (κ1) is 16.1. The quantitative estimate of drug-likeness (QED) is 0.649. The van der Waals surface area contributed by atoms with Crippen molar-refractivity contribution in [3.05, 3.63) is 0 Å². The van der Waals surface area contributed by atoms with Crippen LogP contribution >= 0.6 is 7.82 Å². The van der Waals surface area contributed by atoms with Gasteiger partial charge in [-0.05, 0) is 25.7 Å². The normalized spacial score (nSPS) is 18.1. The molecule has 0 aliphatic heterocycles. The molecular formula is C11H25O4P. The van der Waals surface area contributed by atoms with Crippen LogP contribution < -0.4 is 0 Å². The van der Waals surface area contributed by atoms with Gasteiger partial charge in [0, 0.05) is 0 Å². The van der Waals surface area contributed by atoms with Gasteiger partial charge in [0.2, 0.25) is 0 Å². The molecule has 0 saturated carbocycles. The van der Waals surface area contributed by atoms with Gasteiger partial charge in [-0.25, -0.2) is 4.57 Å². The second-order valence-electron chi connectivity index (χ2n) is 4.54. The number of hydrogen-bond donors (Lipinski definition) is 2. The Labute approximate surface area is 98.6 Å². The van der Waals surface area contributed by atoms with Crippen LogP contribution in [0, 0.1) is 5.92 Å². The van der Waals surface area contributed by atoms with Gasteiger partial charge < -0.3 is 9.79 Å². The van der Waals surface area contributed by atoms with Crippen molar-refractivity contribution in [2.45, 2.75) is 65.4 Å². The minimum Gasteiger partial charge on any atom is -0.303 e. The van der Waals surface area contributed by atoms with Crippen LogP contribution in [0.25, 0.3) is 0 Å². The predicted molar refractivity (Wildman–Crippen MR) is 65.1 cm³/mol. The van der Waals surface area contributed by atoms with Gasteiger partial charge in [0.1, 0.15) is 0 Å². The lowest BCUT2D eigenvalue weighted by Gasteiger charge is -2.37. The minimum atomic E-state index is -4.41. The van der Waals surface area contributed by atoms with E-state index in [4.69, 9.17) is 14.3 Å². The van der Waals surface area contributed by atoms with Crippen LogP contribution in [0.15, 0.2) is 0 Å². The van der Waals surface area contributed by atoms with Crippen molar-refractivity contribution in [3.63, 3.8) is 0 Å². The summed E-state index contributed by atoms with van der Waals surface area (Å²) in [5, 5.41) is 0. The molecular weight excluding hydrogens is 227 g/mol. The summed E-state index contributed by atoms with van der Waals surface area (Å²) in [5.41, 5.74) is -0.710. The number of phosphoric acid groups is 1. The summed E-state index contributed by atoms with van der Waals surface area (Å²) in [4.78, 5) is 18.0. The lowest BCUT2D eigenvalue weighted by molar-refractivity contribution is -0.0138. The van der Waals surface area contributed by atoms with E-state index in [0.29, 0.717) is 6.42 Å². The smallest absolute Gasteiger partial charge is 0.303 e. The maximum absolute atomic E-state index is 11.0. The topological polar surface area (TPSA) is 66.8 Å². The Morgan fingerprint density at radius 3 is 2.12 bits per heavy atom. The van der Waals surface area contributed by atoms with E-state index >= 15 is 0 Å². The summed E-state index contributed by atoms with van der Waals surface area (Å²) >= 11 is 0. The van der Waals surface area contributed by atoms with E-state index in [2.05, 4.69) is 6.92 Å². The van der Waals surface area contributed by atoms with Crippen LogP contribution in [-0.2, 0) is 9.09 Å². The highest BCUT2D eigenvalue weighted by molar-refractivity contribution is 7.46. The van der Waals surface area contributed by atoms with Gasteiger partial charge in [-0.3, -0.25) is 4.52 Å². The Bertz CT molecular complexity index is 238. The summed E-state index contributed by atoms with van der Waals surface area (Å²) in [6.07, 6.45) is 4.35. The highest BCUT2D eigenvalue weighted by Gasteiger charge is 2.38. The van der Waals surface area contributed by atoms with Crippen molar-refractivity contribution in [3.8, 4) is 0 Å². The summed E-state index contributed by atoms with van der Waals surface area (Å²) in [5.74, 6) is 0.199. The maximum atomic E-state index is 11.0. The SMILES string of the molecule is CCCC(CC)C(C)(CCC)OP(=O)(O)O. The molecule has 0 fully saturated rings. The van der Waals surface area contributed by atoms with Crippen molar-refractivity contribution in [2.75, 3.05) is 0 Å². The molecule has 5 heteroatoms. The molecule has 0 aromatic carbocycles. The van der Waals surface area contributed by atoms with Crippen molar-refractivity contribution < 1.29 is 18.9 Å². The van der Waals surface area contributed by atoms with Crippen LogP contribution in [0.1, 0.15) is 59.8 Å². The van der Waals surface area contributed by atoms with Crippen molar-refractivity contribution in [1.82, 2.24) is 0 Å². The third kappa shape index (κ3) is 5.44. The van der Waals surface area contributed by atoms with Gasteiger partial charge >= 0.3 is 7.82 Å². The molecule has 2 atom stereocenters. The zero-order valence-electron chi connectivity index (χ0n) is 10.8. The van der Waals surface area contributed by atoms with Gasteiger partial charge in [0.05, 0.1) is 5.60 Å². The van der Waals surface area contributed by atoms with E-state index in [9.17, 15) is 4.57 Å². The maximum Gasteiger partial charge on any atom is 0.470 e. The molecule has 0 saturated heterocycles. The average Bonchev–Trinajstić information content (AvgIpc) is 2.11. The molecule has 0 rings (SSSR count). The second-order valence-corrected chi connectivity index (χ2v) is 5.70. The van der Waals surface area contributed by atoms with Crippen molar-refractivity contribution in [1.29, 1.82) is 0 Å². The predicted octanol–water partition coefficient (Wildman–Crippen LogP) is 3.48. The molecule has 0 amide bonds. The highest BCUT2D eigenvalue weighted by Crippen LogP contribution is 2.47. The van der Waals surface area contributed by atoms with Gasteiger partial charge in [-0.2, -0.15) is 0 Å². The lowest BCUT2D eigenvalue weighted by atomic mass is 9.81. The zero-order chi connectivity index (χ0) is 12.8. The summed E-state index contributed by atoms with van der Waals surface area (Å²) < 4.78 is 16.1. The van der Waals surface area contributed by atoms with Crippen LogP contribution in [-0.4, -0.2) is 15.4 Å². The van der Waals surface area contributed by atoms with Gasteiger partial charge in [-0.1, -0.05) is 40.0 Å². The fourth-order valence-corrected chi connectivity index (χ4v) is 3.17. The van der Waals surface area contributed by atoms with E-state index in [-0.39, 0.29) is 5.92 Å². The molecule has 0 aliphatic rings. The molecule has 0 aliphatic carbocycles. The fourth-order valence-electron chi connectivity index (χ4n) is 2.38. The average molecular weight is 252 g/mol. The van der Waals surface area contributed by atoms with E-state index in [0.717, 1.165) is 25.7 Å². The molecule has 0 aromatic heterocycles. The molecule has 0 bridgehead atoms. The third-order valence-electron chi connectivity index (χ3n) is 3.07. The monoisotopic (exact) mass is 252 g/mol. The molecule has 0 spiro atoms. The first-order valence-electron chi connectivity index (χ1n) is 6.05. The lowest BCUT2D eigenvalue weighted by Crippen LogP contribution is -2.36. The Morgan fingerprint density at radius 2 is 1.81 bits per heavy atom. The van der Waals surface area contributed by atoms with Crippen LogP contribution in [0.5, 0.6) is 0 Å². The van der Waals surface area contributed by atoms with E-state index < -0.39 is 13.4 Å². The standard InChI is InChI=1S/C11H25O4P/c1-5-8-10(7-3)11(4,9-6-2)15-16(12,13)14/h10H,5-9H2,1-4H3,(H2,12,13,14). The summed E-state index contributed by atoms with van der Waals surface area (Å²) in [6, 6.07) is 0. The molecule has 0 aromatic rings. The number of hydrogen-bond acceptors (Lipinski definition) is 2. The molecule has 0 radical (unpaired) electrons. The highest BCUT2D eigenvalue weighted by atomic mass is 31.2. The molecule has 0 heterocycles. The molecule has 98 valence electrons. The van der Waals surface area contributed by atoms with E-state index in [1.54, 1.807) is 0 Å². The minimum absolute atomic E-state index is 0.199. The van der Waals surface area contributed by atoms with E-state index in [1.807, 2.05) is 20.8 Å². The van der Waals surface area contributed by atoms with Crippen LogP contribution in [0.2, 0.25) is 0 Å². The summed E-state index contributed by atoms with van der Waals surface area (Å²) in [7, 11) is -4.41. The van der Waals surface area contributed by atoms with Crippen molar-refractivity contribution in [2.24, 2.45) is 5.92 Å². The van der Waals surface area contributed by atoms with Gasteiger partial charge in [0.15, 0.2) is 0 Å². The second kappa shape index (κ2) is 6.75. The molecule has 2 unspecified atom stereocenters. The summed E-state index contributed by atoms with van der Waals surface area (Å²) in [6.45, 7) is 7.93. The Balaban J connectivity index is 4.83. The fraction of sp³-hybridized carbons (Fsp3) is 1.00. The third-order valence-corrected chi connectivity index (χ3v) is 3.72. The Kier molecular flexibility index (Phi) is 6.80. The number of rotatable bonds is 8. The van der Waals surface area contributed by atoms with Crippen LogP contribution in [0.3, 0.4) is 0 Å². The first-order valence-corrected chi connectivity index (χ1v) is 7.58. The first-order chi connectivity index (χ1) is 7.29. The van der Waals surface area contributed by atoms with Crippen molar-refractivity contribution >= 4 is 7.82 Å². The molecule has 2 N–H and O–H groups in total. The molecule has 16 heavy (non-hydrogen) atoms. The largest absolute Gasteiger partial charge is 0.470 e. The van der Waals surface area contributed by atoms with Gasteiger partial charge in [-0.15, -0.1) is 0 Å². The Hall–Kier alpha value is 0.110. The number of phosphoric ester groups is 1. The molecule has 4 nitrogen and oxygen atoms in total. The van der Waals surface area contributed by atoms with E-state index in [1.165, 1.54) is 0 Å². The Morgan fingerprint density at radius 1 is 1.25 bits per heavy atom. The zero-order valence-corrected chi connectivity index (χ0v) is 11.7. The van der Waals surface area contributed by atoms with Crippen LogP contribution in [0.4, 0.5) is 0 Å².